The fourth-order valence-corrected chi connectivity index (χ4v) is 3.37. The van der Waals surface area contributed by atoms with E-state index < -0.39 is 11.6 Å². The molecule has 0 bridgehead atoms. The van der Waals surface area contributed by atoms with E-state index in [2.05, 4.69) is 20.8 Å². The molecular weight excluding hydrogens is 256 g/mol. The Bertz CT molecular complexity index is 457. The highest BCUT2D eigenvalue weighted by Gasteiger charge is 2.32. The minimum atomic E-state index is -0.546. The maximum atomic E-state index is 13.8. The van der Waals surface area contributed by atoms with Crippen molar-refractivity contribution in [2.75, 3.05) is 0 Å². The van der Waals surface area contributed by atoms with E-state index in [0.29, 0.717) is 22.8 Å². The van der Waals surface area contributed by atoms with Gasteiger partial charge < -0.3 is 5.73 Å². The number of rotatable bonds is 2. The lowest BCUT2D eigenvalue weighted by Gasteiger charge is -2.38. The van der Waals surface area contributed by atoms with Crippen LogP contribution in [0.2, 0.25) is 0 Å². The van der Waals surface area contributed by atoms with Crippen LogP contribution in [0.5, 0.6) is 0 Å². The highest BCUT2D eigenvalue weighted by molar-refractivity contribution is 5.22. The van der Waals surface area contributed by atoms with Gasteiger partial charge in [-0.1, -0.05) is 26.8 Å². The monoisotopic (exact) mass is 281 g/mol. The van der Waals surface area contributed by atoms with Crippen LogP contribution in [0.15, 0.2) is 18.2 Å². The summed E-state index contributed by atoms with van der Waals surface area (Å²) >= 11 is 0. The highest BCUT2D eigenvalue weighted by atomic mass is 19.1. The average Bonchev–Trinajstić information content (AvgIpc) is 2.37. The van der Waals surface area contributed by atoms with E-state index in [9.17, 15) is 8.78 Å². The van der Waals surface area contributed by atoms with Gasteiger partial charge in [0.05, 0.1) is 0 Å². The third kappa shape index (κ3) is 3.38. The topological polar surface area (TPSA) is 26.0 Å². The van der Waals surface area contributed by atoms with Crippen molar-refractivity contribution in [3.63, 3.8) is 0 Å². The first kappa shape index (κ1) is 15.4. The van der Waals surface area contributed by atoms with Crippen LogP contribution >= 0.6 is 0 Å². The molecule has 2 N–H and O–H groups in total. The van der Waals surface area contributed by atoms with Crippen molar-refractivity contribution in [3.05, 3.63) is 35.4 Å². The lowest BCUT2D eigenvalue weighted by Crippen LogP contribution is -2.31. The first-order valence-corrected chi connectivity index (χ1v) is 7.49. The minimum Gasteiger partial charge on any atom is -0.324 e. The molecule has 1 atom stereocenters. The lowest BCUT2D eigenvalue weighted by atomic mass is 9.68. The van der Waals surface area contributed by atoms with Crippen molar-refractivity contribution in [1.29, 1.82) is 0 Å². The normalized spacial score (nSPS) is 25.5. The smallest absolute Gasteiger partial charge is 0.130 e. The Morgan fingerprint density at radius 3 is 2.20 bits per heavy atom. The zero-order valence-corrected chi connectivity index (χ0v) is 12.6. The van der Waals surface area contributed by atoms with Crippen LogP contribution in [-0.2, 0) is 0 Å². The lowest BCUT2D eigenvalue weighted by molar-refractivity contribution is 0.139. The molecule has 0 aliphatic heterocycles. The Kier molecular flexibility index (Phi) is 4.48. The van der Waals surface area contributed by atoms with Gasteiger partial charge in [0.2, 0.25) is 0 Å². The summed E-state index contributed by atoms with van der Waals surface area (Å²) in [6.45, 7) is 6.83. The van der Waals surface area contributed by atoms with Crippen molar-refractivity contribution < 1.29 is 8.78 Å². The van der Waals surface area contributed by atoms with Crippen LogP contribution in [-0.4, -0.2) is 0 Å². The molecule has 1 fully saturated rings. The molecule has 1 saturated carbocycles. The molecule has 112 valence electrons. The number of hydrogen-bond donors (Lipinski definition) is 1. The van der Waals surface area contributed by atoms with Crippen molar-refractivity contribution in [3.8, 4) is 0 Å². The number of benzene rings is 1. The largest absolute Gasteiger partial charge is 0.324 e. The van der Waals surface area contributed by atoms with E-state index in [1.165, 1.54) is 12.1 Å². The Morgan fingerprint density at radius 1 is 1.10 bits per heavy atom. The highest BCUT2D eigenvalue weighted by Crippen LogP contribution is 2.43. The summed E-state index contributed by atoms with van der Waals surface area (Å²) in [6.07, 6.45) is 4.34. The Labute approximate surface area is 120 Å². The summed E-state index contributed by atoms with van der Waals surface area (Å²) in [5.41, 5.74) is 6.99. The van der Waals surface area contributed by atoms with Gasteiger partial charge >= 0.3 is 0 Å². The van der Waals surface area contributed by atoms with Crippen molar-refractivity contribution in [1.82, 2.24) is 0 Å². The summed E-state index contributed by atoms with van der Waals surface area (Å²) in [5, 5.41) is 0. The van der Waals surface area contributed by atoms with Crippen LogP contribution in [0.1, 0.15) is 58.1 Å². The standard InChI is InChI=1S/C17H25F2N/c1-17(2,3)12-6-4-11(5-7-12)16(20)14-9-8-13(18)10-15(14)19/h8-12,16H,4-7,20H2,1-3H3. The summed E-state index contributed by atoms with van der Waals surface area (Å²) in [5.74, 6) is -0.0529. The molecule has 2 rings (SSSR count). The summed E-state index contributed by atoms with van der Waals surface area (Å²) < 4.78 is 26.8. The summed E-state index contributed by atoms with van der Waals surface area (Å²) in [7, 11) is 0. The molecule has 0 radical (unpaired) electrons. The molecule has 1 aromatic carbocycles. The van der Waals surface area contributed by atoms with E-state index in [4.69, 9.17) is 5.73 Å². The van der Waals surface area contributed by atoms with Crippen molar-refractivity contribution in [2.24, 2.45) is 23.0 Å². The quantitative estimate of drug-likeness (QED) is 0.826. The van der Waals surface area contributed by atoms with Gasteiger partial charge in [0.1, 0.15) is 11.6 Å². The molecule has 0 heterocycles. The second-order valence-corrected chi connectivity index (χ2v) is 7.17. The van der Waals surface area contributed by atoms with Crippen LogP contribution in [0.25, 0.3) is 0 Å². The first-order chi connectivity index (χ1) is 9.29. The predicted molar refractivity (Wildman–Crippen MR) is 78.2 cm³/mol. The second-order valence-electron chi connectivity index (χ2n) is 7.17. The van der Waals surface area contributed by atoms with Gasteiger partial charge in [0.15, 0.2) is 0 Å². The van der Waals surface area contributed by atoms with Gasteiger partial charge in [-0.15, -0.1) is 0 Å². The van der Waals surface area contributed by atoms with Gasteiger partial charge in [-0.3, -0.25) is 0 Å². The summed E-state index contributed by atoms with van der Waals surface area (Å²) in [4.78, 5) is 0. The maximum absolute atomic E-state index is 13.8. The Morgan fingerprint density at radius 2 is 1.70 bits per heavy atom. The van der Waals surface area contributed by atoms with Gasteiger partial charge in [-0.2, -0.15) is 0 Å². The van der Waals surface area contributed by atoms with Crippen LogP contribution < -0.4 is 5.73 Å². The molecule has 0 spiro atoms. The molecule has 1 aromatic rings. The molecular formula is C17H25F2N. The molecule has 0 amide bonds. The van der Waals surface area contributed by atoms with E-state index in [1.54, 1.807) is 0 Å². The number of nitrogens with two attached hydrogens (primary N) is 1. The average molecular weight is 281 g/mol. The third-order valence-corrected chi connectivity index (χ3v) is 4.83. The molecule has 3 heteroatoms. The van der Waals surface area contributed by atoms with E-state index in [0.717, 1.165) is 31.7 Å². The molecule has 0 aromatic heterocycles. The van der Waals surface area contributed by atoms with Gasteiger partial charge in [0, 0.05) is 17.7 Å². The SMILES string of the molecule is CC(C)(C)C1CCC(C(N)c2ccc(F)cc2F)CC1. The molecule has 20 heavy (non-hydrogen) atoms. The number of hydrogen-bond acceptors (Lipinski definition) is 1. The fraction of sp³-hybridized carbons (Fsp3) is 0.647. The molecule has 1 aliphatic rings. The van der Waals surface area contributed by atoms with Crippen LogP contribution in [0.4, 0.5) is 8.78 Å². The molecule has 1 unspecified atom stereocenters. The number of halogens is 2. The first-order valence-electron chi connectivity index (χ1n) is 7.49. The summed E-state index contributed by atoms with van der Waals surface area (Å²) in [6, 6.07) is 3.39. The van der Waals surface area contributed by atoms with Crippen LogP contribution in [0, 0.1) is 28.9 Å². The van der Waals surface area contributed by atoms with E-state index >= 15 is 0 Å². The Hall–Kier alpha value is -0.960. The fourth-order valence-electron chi connectivity index (χ4n) is 3.37. The zero-order chi connectivity index (χ0) is 14.9. The van der Waals surface area contributed by atoms with E-state index in [-0.39, 0.29) is 6.04 Å². The van der Waals surface area contributed by atoms with Gasteiger partial charge in [-0.05, 0) is 49.0 Å². The van der Waals surface area contributed by atoms with Crippen molar-refractivity contribution >= 4 is 0 Å². The Balaban J connectivity index is 2.03. The molecule has 1 nitrogen and oxygen atoms in total. The predicted octanol–water partition coefficient (Wildman–Crippen LogP) is 4.82. The third-order valence-electron chi connectivity index (χ3n) is 4.83. The molecule has 1 aliphatic carbocycles. The zero-order valence-electron chi connectivity index (χ0n) is 12.6. The van der Waals surface area contributed by atoms with Gasteiger partial charge in [-0.25, -0.2) is 8.78 Å². The second kappa shape index (κ2) is 5.80. The van der Waals surface area contributed by atoms with Crippen LogP contribution in [0.3, 0.4) is 0 Å². The maximum Gasteiger partial charge on any atom is 0.130 e. The molecule has 0 saturated heterocycles. The van der Waals surface area contributed by atoms with E-state index in [1.807, 2.05) is 0 Å². The minimum absolute atomic E-state index is 0.300. The van der Waals surface area contributed by atoms with Gasteiger partial charge in [0.25, 0.3) is 0 Å². The van der Waals surface area contributed by atoms with Crippen molar-refractivity contribution in [2.45, 2.75) is 52.5 Å².